The molecule has 0 spiro atoms. The molecule has 0 aliphatic rings. The van der Waals surface area contributed by atoms with Gasteiger partial charge in [0, 0.05) is 0 Å². The van der Waals surface area contributed by atoms with Crippen LogP contribution >= 0.6 is 11.6 Å². The first-order valence-corrected chi connectivity index (χ1v) is 5.22. The molecule has 78 valence electrons. The molecule has 0 bridgehead atoms. The van der Waals surface area contributed by atoms with Crippen molar-refractivity contribution in [1.29, 1.82) is 0 Å². The second kappa shape index (κ2) is 5.24. The van der Waals surface area contributed by atoms with Crippen LogP contribution in [0, 0.1) is 10.1 Å². The molecule has 0 aromatic heterocycles. The van der Waals surface area contributed by atoms with E-state index < -0.39 is 25.5 Å². The number of benzene rings is 1. The van der Waals surface area contributed by atoms with E-state index >= 15 is 0 Å². The van der Waals surface area contributed by atoms with Gasteiger partial charge in [0.15, 0.2) is 4.90 Å². The fourth-order valence-electron chi connectivity index (χ4n) is 0.902. The number of halogens is 1. The molecule has 2 N–H and O–H groups in total. The van der Waals surface area contributed by atoms with Crippen LogP contribution in [-0.4, -0.2) is 42.9 Å². The van der Waals surface area contributed by atoms with Crippen LogP contribution in [0.4, 0.5) is 5.69 Å². The third kappa shape index (κ3) is 3.40. The van der Waals surface area contributed by atoms with E-state index in [0.717, 1.165) is 6.07 Å². The topological polar surface area (TPSA) is 103 Å². The van der Waals surface area contributed by atoms with E-state index in [4.69, 9.17) is 16.7 Å². The van der Waals surface area contributed by atoms with Crippen LogP contribution in [-0.2, 0) is 10.0 Å². The van der Waals surface area contributed by atoms with Gasteiger partial charge in [0.2, 0.25) is 10.0 Å². The summed E-state index contributed by atoms with van der Waals surface area (Å²) in [4.78, 5) is 9.02. The van der Waals surface area contributed by atoms with E-state index in [1.807, 2.05) is 0 Å². The van der Waals surface area contributed by atoms with Crippen molar-refractivity contribution >= 4 is 56.9 Å². The van der Waals surface area contributed by atoms with Crippen molar-refractivity contribution in [3.8, 4) is 0 Å². The molecule has 1 aromatic carbocycles. The number of rotatable bonds is 2. The van der Waals surface area contributed by atoms with Crippen molar-refractivity contribution < 1.29 is 13.3 Å². The number of nitro benzene ring substituents is 1. The first-order valence-electron chi connectivity index (χ1n) is 3.29. The van der Waals surface area contributed by atoms with Crippen molar-refractivity contribution in [3.05, 3.63) is 33.3 Å². The predicted octanol–water partition coefficient (Wildman–Crippen LogP) is 0.247. The molecule has 0 unspecified atom stereocenters. The number of nitrogens with two attached hydrogens (primary N) is 1. The Morgan fingerprint density at radius 2 is 1.93 bits per heavy atom. The zero-order chi connectivity index (χ0) is 10.9. The molecular formula is C6H6ClN2NaO4S. The van der Waals surface area contributed by atoms with Crippen molar-refractivity contribution in [2.24, 2.45) is 5.14 Å². The van der Waals surface area contributed by atoms with Crippen LogP contribution in [0.25, 0.3) is 0 Å². The van der Waals surface area contributed by atoms with Crippen LogP contribution in [0.1, 0.15) is 0 Å². The molecule has 0 saturated heterocycles. The average molecular weight is 261 g/mol. The molecule has 9 heteroatoms. The first kappa shape index (κ1) is 14.8. The summed E-state index contributed by atoms with van der Waals surface area (Å²) >= 11 is 5.47. The van der Waals surface area contributed by atoms with Gasteiger partial charge in [-0.1, -0.05) is 17.7 Å². The van der Waals surface area contributed by atoms with E-state index in [9.17, 15) is 18.5 Å². The Hall–Kier alpha value is -0.180. The van der Waals surface area contributed by atoms with Gasteiger partial charge in [0.1, 0.15) is 5.02 Å². The van der Waals surface area contributed by atoms with Crippen LogP contribution in [0.5, 0.6) is 0 Å². The van der Waals surface area contributed by atoms with Gasteiger partial charge < -0.3 is 0 Å². The zero-order valence-electron chi connectivity index (χ0n) is 6.68. The molecule has 0 radical (unpaired) electrons. The minimum absolute atomic E-state index is 0. The van der Waals surface area contributed by atoms with E-state index in [1.165, 1.54) is 12.1 Å². The monoisotopic (exact) mass is 260 g/mol. The van der Waals surface area contributed by atoms with Crippen molar-refractivity contribution in [3.63, 3.8) is 0 Å². The van der Waals surface area contributed by atoms with E-state index in [0.29, 0.717) is 0 Å². The van der Waals surface area contributed by atoms with Gasteiger partial charge in [-0.25, -0.2) is 13.6 Å². The number of sulfonamides is 1. The second-order valence-electron chi connectivity index (χ2n) is 2.39. The van der Waals surface area contributed by atoms with Crippen molar-refractivity contribution in [1.82, 2.24) is 0 Å². The first-order chi connectivity index (χ1) is 6.34. The number of primary sulfonamides is 1. The molecule has 6 nitrogen and oxygen atoms in total. The third-order valence-electron chi connectivity index (χ3n) is 1.44. The summed E-state index contributed by atoms with van der Waals surface area (Å²) in [5.74, 6) is 0. The van der Waals surface area contributed by atoms with Crippen LogP contribution in [0.3, 0.4) is 0 Å². The molecule has 0 heterocycles. The number of hydrogen-bond donors (Lipinski definition) is 1. The maximum atomic E-state index is 10.9. The molecule has 0 aliphatic heterocycles. The molecule has 0 atom stereocenters. The second-order valence-corrected chi connectivity index (χ2v) is 4.33. The van der Waals surface area contributed by atoms with Crippen molar-refractivity contribution in [2.45, 2.75) is 4.90 Å². The van der Waals surface area contributed by atoms with E-state index in [-0.39, 0.29) is 34.6 Å². The maximum absolute atomic E-state index is 10.9. The number of hydrogen-bond acceptors (Lipinski definition) is 4. The standard InChI is InChI=1S/C6H5ClN2O4S.Na.H/c7-4-2-1-3-5(14(8,12)13)6(4)9(10)11;;/h1-3H,(H2,8,12,13);;. The quantitative estimate of drug-likeness (QED) is 0.467. The molecular weight excluding hydrogens is 255 g/mol. The molecule has 1 rings (SSSR count). The molecule has 0 fully saturated rings. The van der Waals surface area contributed by atoms with Gasteiger partial charge in [-0.3, -0.25) is 10.1 Å². The Bertz CT molecular complexity index is 490. The van der Waals surface area contributed by atoms with Gasteiger partial charge in [-0.2, -0.15) is 0 Å². The third-order valence-corrected chi connectivity index (χ3v) is 2.69. The summed E-state index contributed by atoms with van der Waals surface area (Å²) in [5, 5.41) is 15.0. The van der Waals surface area contributed by atoms with E-state index in [2.05, 4.69) is 0 Å². The average Bonchev–Trinajstić information content (AvgIpc) is 2.01. The fraction of sp³-hybridized carbons (Fsp3) is 0. The summed E-state index contributed by atoms with van der Waals surface area (Å²) in [5.41, 5.74) is -0.698. The number of nitrogens with zero attached hydrogens (tertiary/aromatic N) is 1. The Balaban J connectivity index is 0.00000196. The molecule has 1 aromatic rings. The molecule has 0 amide bonds. The summed E-state index contributed by atoms with van der Waals surface area (Å²) < 4.78 is 21.9. The van der Waals surface area contributed by atoms with E-state index in [1.54, 1.807) is 0 Å². The SMILES string of the molecule is NS(=O)(=O)c1cccc(Cl)c1[N+](=O)[O-].[NaH]. The minimum atomic E-state index is -4.13. The number of para-hydroxylation sites is 1. The predicted molar refractivity (Wildman–Crippen MR) is 56.6 cm³/mol. The molecule has 0 aliphatic carbocycles. The van der Waals surface area contributed by atoms with Crippen LogP contribution in [0.15, 0.2) is 23.1 Å². The van der Waals surface area contributed by atoms with Gasteiger partial charge in [-0.15, -0.1) is 0 Å². The zero-order valence-corrected chi connectivity index (χ0v) is 8.25. The molecule has 15 heavy (non-hydrogen) atoms. The van der Waals surface area contributed by atoms with Gasteiger partial charge >= 0.3 is 35.2 Å². The Kier molecular flexibility index (Phi) is 5.18. The summed E-state index contributed by atoms with van der Waals surface area (Å²) in [6, 6.07) is 3.52. The van der Waals surface area contributed by atoms with Crippen molar-refractivity contribution in [2.75, 3.05) is 0 Å². The Morgan fingerprint density at radius 3 is 2.27 bits per heavy atom. The van der Waals surface area contributed by atoms with Gasteiger partial charge in [0.25, 0.3) is 0 Å². The fourth-order valence-corrected chi connectivity index (χ4v) is 1.92. The molecule has 0 saturated carbocycles. The normalized spacial score (nSPS) is 10.5. The Morgan fingerprint density at radius 1 is 1.40 bits per heavy atom. The summed E-state index contributed by atoms with van der Waals surface area (Å²) in [7, 11) is -4.13. The van der Waals surface area contributed by atoms with Crippen LogP contribution < -0.4 is 5.14 Å². The number of nitro groups is 1. The summed E-state index contributed by atoms with van der Waals surface area (Å²) in [6.45, 7) is 0. The van der Waals surface area contributed by atoms with Gasteiger partial charge in [-0.05, 0) is 12.1 Å². The summed E-state index contributed by atoms with van der Waals surface area (Å²) in [6.07, 6.45) is 0. The Labute approximate surface area is 113 Å². The van der Waals surface area contributed by atoms with Gasteiger partial charge in [0.05, 0.1) is 4.92 Å². The van der Waals surface area contributed by atoms with Crippen LogP contribution in [0.2, 0.25) is 5.02 Å².